The summed E-state index contributed by atoms with van der Waals surface area (Å²) in [6, 6.07) is 15.3. The normalized spacial score (nSPS) is 10.5. The molecule has 2 N–H and O–H groups in total. The van der Waals surface area contributed by atoms with Crippen LogP contribution in [0.25, 0.3) is 0 Å². The minimum Gasteiger partial charge on any atom is -0.356 e. The van der Waals surface area contributed by atoms with Crippen molar-refractivity contribution in [2.24, 2.45) is 0 Å². The average molecular weight is 351 g/mol. The highest BCUT2D eigenvalue weighted by Gasteiger charge is 2.01. The summed E-state index contributed by atoms with van der Waals surface area (Å²) >= 11 is 11.7. The summed E-state index contributed by atoms with van der Waals surface area (Å²) < 4.78 is 0. The molecule has 0 spiro atoms. The van der Waals surface area contributed by atoms with Gasteiger partial charge in [-0.2, -0.15) is 0 Å². The van der Waals surface area contributed by atoms with Crippen LogP contribution < -0.4 is 10.6 Å². The van der Waals surface area contributed by atoms with Crippen molar-refractivity contribution in [1.29, 1.82) is 0 Å². The summed E-state index contributed by atoms with van der Waals surface area (Å²) in [6.45, 7) is 2.02. The van der Waals surface area contributed by atoms with Crippen molar-refractivity contribution >= 4 is 29.1 Å². The van der Waals surface area contributed by atoms with Crippen LogP contribution in [-0.2, 0) is 17.8 Å². The molecule has 0 fully saturated rings. The van der Waals surface area contributed by atoms with Gasteiger partial charge in [0.05, 0.1) is 0 Å². The lowest BCUT2D eigenvalue weighted by atomic mass is 10.1. The Morgan fingerprint density at radius 3 is 2.00 bits per heavy atom. The van der Waals surface area contributed by atoms with Gasteiger partial charge in [-0.3, -0.25) is 4.79 Å². The van der Waals surface area contributed by atoms with Gasteiger partial charge in [0.25, 0.3) is 0 Å². The molecule has 0 aromatic heterocycles. The lowest BCUT2D eigenvalue weighted by Crippen LogP contribution is -2.29. The SMILES string of the molecule is O=C(CCNCc1ccc(Cl)cc1)NCCc1ccc(Cl)cc1. The molecule has 2 aromatic carbocycles. The zero-order chi connectivity index (χ0) is 16.5. The molecule has 0 bridgehead atoms. The van der Waals surface area contributed by atoms with E-state index in [0.29, 0.717) is 19.5 Å². The molecule has 122 valence electrons. The number of amides is 1. The van der Waals surface area contributed by atoms with Crippen LogP contribution in [0.15, 0.2) is 48.5 Å². The average Bonchev–Trinajstić information content (AvgIpc) is 2.55. The van der Waals surface area contributed by atoms with Crippen molar-refractivity contribution in [1.82, 2.24) is 10.6 Å². The molecule has 3 nitrogen and oxygen atoms in total. The molecule has 0 saturated carbocycles. The Labute approximate surface area is 147 Å². The summed E-state index contributed by atoms with van der Waals surface area (Å²) in [7, 11) is 0. The second kappa shape index (κ2) is 9.56. The first-order valence-corrected chi connectivity index (χ1v) is 8.35. The maximum atomic E-state index is 11.8. The Bertz CT molecular complexity index is 612. The van der Waals surface area contributed by atoms with E-state index < -0.39 is 0 Å². The van der Waals surface area contributed by atoms with Crippen LogP contribution in [0.2, 0.25) is 10.0 Å². The number of hydrogen-bond donors (Lipinski definition) is 2. The van der Waals surface area contributed by atoms with Crippen LogP contribution in [0.3, 0.4) is 0 Å². The zero-order valence-electron chi connectivity index (χ0n) is 12.8. The third-order valence-corrected chi connectivity index (χ3v) is 3.92. The number of halogens is 2. The highest BCUT2D eigenvalue weighted by molar-refractivity contribution is 6.30. The Kier molecular flexibility index (Phi) is 7.40. The summed E-state index contributed by atoms with van der Waals surface area (Å²) in [5, 5.41) is 7.63. The lowest BCUT2D eigenvalue weighted by molar-refractivity contribution is -0.120. The van der Waals surface area contributed by atoms with E-state index in [1.807, 2.05) is 48.5 Å². The second-order valence-corrected chi connectivity index (χ2v) is 6.15. The van der Waals surface area contributed by atoms with Gasteiger partial charge in [-0.15, -0.1) is 0 Å². The molecule has 5 heteroatoms. The van der Waals surface area contributed by atoms with E-state index in [-0.39, 0.29) is 5.91 Å². The topological polar surface area (TPSA) is 41.1 Å². The van der Waals surface area contributed by atoms with Crippen molar-refractivity contribution in [2.45, 2.75) is 19.4 Å². The molecule has 0 unspecified atom stereocenters. The predicted octanol–water partition coefficient (Wildman–Crippen LogP) is 3.83. The van der Waals surface area contributed by atoms with Crippen LogP contribution in [0.1, 0.15) is 17.5 Å². The molecule has 2 rings (SSSR count). The molecular formula is C18H20Cl2N2O. The fourth-order valence-electron chi connectivity index (χ4n) is 2.12. The molecule has 1 amide bonds. The van der Waals surface area contributed by atoms with Gasteiger partial charge in [0, 0.05) is 36.1 Å². The zero-order valence-corrected chi connectivity index (χ0v) is 14.3. The number of hydrogen-bond acceptors (Lipinski definition) is 2. The summed E-state index contributed by atoms with van der Waals surface area (Å²) in [4.78, 5) is 11.8. The highest BCUT2D eigenvalue weighted by Crippen LogP contribution is 2.10. The van der Waals surface area contributed by atoms with E-state index in [1.165, 1.54) is 0 Å². The minimum absolute atomic E-state index is 0.0579. The van der Waals surface area contributed by atoms with Crippen molar-refractivity contribution in [3.05, 3.63) is 69.7 Å². The fraction of sp³-hybridized carbons (Fsp3) is 0.278. The Hall–Kier alpha value is -1.55. The van der Waals surface area contributed by atoms with Gasteiger partial charge in [0.1, 0.15) is 0 Å². The second-order valence-electron chi connectivity index (χ2n) is 5.28. The van der Waals surface area contributed by atoms with E-state index in [1.54, 1.807) is 0 Å². The number of nitrogens with one attached hydrogen (secondary N) is 2. The van der Waals surface area contributed by atoms with Gasteiger partial charge in [-0.1, -0.05) is 47.5 Å². The fourth-order valence-corrected chi connectivity index (χ4v) is 2.37. The third kappa shape index (κ3) is 7.04. The van der Waals surface area contributed by atoms with Gasteiger partial charge in [0.2, 0.25) is 5.91 Å². The quantitative estimate of drug-likeness (QED) is 0.710. The molecular weight excluding hydrogens is 331 g/mol. The molecule has 0 aliphatic rings. The summed E-state index contributed by atoms with van der Waals surface area (Å²) in [5.41, 5.74) is 2.31. The predicted molar refractivity (Wildman–Crippen MR) is 95.9 cm³/mol. The minimum atomic E-state index is 0.0579. The van der Waals surface area contributed by atoms with Gasteiger partial charge >= 0.3 is 0 Å². The number of rotatable bonds is 8. The monoisotopic (exact) mass is 350 g/mol. The highest BCUT2D eigenvalue weighted by atomic mass is 35.5. The van der Waals surface area contributed by atoms with Gasteiger partial charge in [-0.25, -0.2) is 0 Å². The molecule has 0 atom stereocenters. The van der Waals surface area contributed by atoms with Crippen molar-refractivity contribution < 1.29 is 4.79 Å². The Balaban J connectivity index is 1.56. The van der Waals surface area contributed by atoms with Crippen LogP contribution in [0.5, 0.6) is 0 Å². The molecule has 0 saturated heterocycles. The van der Waals surface area contributed by atoms with E-state index in [9.17, 15) is 4.79 Å². The molecule has 0 aliphatic carbocycles. The number of benzene rings is 2. The van der Waals surface area contributed by atoms with Gasteiger partial charge in [-0.05, 0) is 41.8 Å². The first kappa shape index (κ1) is 17.8. The number of carbonyl (C=O) groups is 1. The Morgan fingerprint density at radius 1 is 0.826 bits per heavy atom. The standard InChI is InChI=1S/C18H20Cl2N2O/c19-16-5-1-14(2-6-16)9-12-22-18(23)10-11-21-13-15-3-7-17(20)8-4-15/h1-8,21H,9-13H2,(H,22,23). The molecule has 0 radical (unpaired) electrons. The van der Waals surface area contributed by atoms with Crippen LogP contribution in [0, 0.1) is 0 Å². The molecule has 23 heavy (non-hydrogen) atoms. The van der Waals surface area contributed by atoms with E-state index in [0.717, 1.165) is 34.1 Å². The largest absolute Gasteiger partial charge is 0.356 e. The van der Waals surface area contributed by atoms with Crippen molar-refractivity contribution in [2.75, 3.05) is 13.1 Å². The Morgan fingerprint density at radius 2 is 1.39 bits per heavy atom. The molecule has 0 aliphatic heterocycles. The third-order valence-electron chi connectivity index (χ3n) is 3.42. The van der Waals surface area contributed by atoms with E-state index in [4.69, 9.17) is 23.2 Å². The first-order valence-electron chi connectivity index (χ1n) is 7.60. The van der Waals surface area contributed by atoms with Gasteiger partial charge < -0.3 is 10.6 Å². The molecule has 0 heterocycles. The maximum absolute atomic E-state index is 11.8. The summed E-state index contributed by atoms with van der Waals surface area (Å²) in [5.74, 6) is 0.0579. The van der Waals surface area contributed by atoms with Crippen LogP contribution >= 0.6 is 23.2 Å². The summed E-state index contributed by atoms with van der Waals surface area (Å²) in [6.07, 6.45) is 1.27. The van der Waals surface area contributed by atoms with E-state index in [2.05, 4.69) is 10.6 Å². The smallest absolute Gasteiger partial charge is 0.221 e. The maximum Gasteiger partial charge on any atom is 0.221 e. The first-order chi connectivity index (χ1) is 11.1. The van der Waals surface area contributed by atoms with Crippen LogP contribution in [0.4, 0.5) is 0 Å². The lowest BCUT2D eigenvalue weighted by Gasteiger charge is -2.07. The molecule has 2 aromatic rings. The van der Waals surface area contributed by atoms with Crippen molar-refractivity contribution in [3.63, 3.8) is 0 Å². The number of carbonyl (C=O) groups excluding carboxylic acids is 1. The van der Waals surface area contributed by atoms with Crippen molar-refractivity contribution in [3.8, 4) is 0 Å². The van der Waals surface area contributed by atoms with Gasteiger partial charge in [0.15, 0.2) is 0 Å². The van der Waals surface area contributed by atoms with Crippen LogP contribution in [-0.4, -0.2) is 19.0 Å². The van der Waals surface area contributed by atoms with E-state index >= 15 is 0 Å².